The van der Waals surface area contributed by atoms with Crippen molar-refractivity contribution in [3.63, 3.8) is 0 Å². The first kappa shape index (κ1) is 21.0. The Morgan fingerprint density at radius 2 is 2.10 bits per heavy atom. The number of primary amides is 1. The van der Waals surface area contributed by atoms with E-state index in [-0.39, 0.29) is 29.2 Å². The van der Waals surface area contributed by atoms with Gasteiger partial charge in [0.2, 0.25) is 0 Å². The molecule has 6 nitrogen and oxygen atoms in total. The number of benzene rings is 1. The molecule has 0 saturated heterocycles. The van der Waals surface area contributed by atoms with E-state index in [2.05, 4.69) is 22.3 Å². The lowest BCUT2D eigenvalue weighted by atomic mass is 9.75. The molecule has 1 amide bonds. The normalized spacial score (nSPS) is 19.5. The van der Waals surface area contributed by atoms with Crippen molar-refractivity contribution in [2.45, 2.75) is 58.4 Å². The first-order valence-corrected chi connectivity index (χ1v) is 10.3. The van der Waals surface area contributed by atoms with Gasteiger partial charge in [-0.2, -0.15) is 5.10 Å². The van der Waals surface area contributed by atoms with E-state index in [1.54, 1.807) is 18.2 Å². The first-order valence-electron chi connectivity index (χ1n) is 10.3. The monoisotopic (exact) mass is 426 g/mol. The number of anilines is 1. The van der Waals surface area contributed by atoms with Crippen LogP contribution in [-0.2, 0) is 6.42 Å². The largest absolute Gasteiger partial charge is 0.381 e. The molecule has 0 radical (unpaired) electrons. The molecule has 2 aromatic rings. The number of fused-ring (bicyclic) bond motifs is 1. The van der Waals surface area contributed by atoms with Gasteiger partial charge in [-0.25, -0.2) is 13.5 Å². The van der Waals surface area contributed by atoms with Crippen LogP contribution in [0.3, 0.4) is 0 Å². The van der Waals surface area contributed by atoms with Gasteiger partial charge in [0, 0.05) is 31.0 Å². The molecule has 0 aliphatic heterocycles. The fourth-order valence-corrected chi connectivity index (χ4v) is 4.32. The zero-order valence-electron chi connectivity index (χ0n) is 17.5. The molecule has 1 heterocycles. The minimum atomic E-state index is -2.86. The van der Waals surface area contributed by atoms with Crippen LogP contribution in [0.2, 0.25) is 0 Å². The van der Waals surface area contributed by atoms with E-state index in [9.17, 15) is 18.4 Å². The van der Waals surface area contributed by atoms with Crippen LogP contribution in [0.1, 0.15) is 78.1 Å². The van der Waals surface area contributed by atoms with Gasteiger partial charge in [-0.15, -0.1) is 11.8 Å². The maximum atomic E-state index is 13.7. The highest BCUT2D eigenvalue weighted by Gasteiger charge is 2.38. The predicted octanol–water partition coefficient (Wildman–Crippen LogP) is 4.03. The summed E-state index contributed by atoms with van der Waals surface area (Å²) < 4.78 is 28.8. The molecule has 1 unspecified atom stereocenters. The number of carbonyl (C=O) groups excluding carboxylic acids is 2. The Labute approximate surface area is 179 Å². The van der Waals surface area contributed by atoms with Crippen LogP contribution in [0.15, 0.2) is 18.2 Å². The molecule has 1 aromatic heterocycles. The number of amides is 1. The highest BCUT2D eigenvalue weighted by atomic mass is 19.3. The number of nitrogens with one attached hydrogen (secondary N) is 1. The van der Waals surface area contributed by atoms with Crippen molar-refractivity contribution in [2.24, 2.45) is 11.1 Å². The van der Waals surface area contributed by atoms with Crippen molar-refractivity contribution < 1.29 is 18.4 Å². The highest BCUT2D eigenvalue weighted by Crippen LogP contribution is 2.39. The van der Waals surface area contributed by atoms with Gasteiger partial charge < -0.3 is 11.1 Å². The molecule has 0 fully saturated rings. The van der Waals surface area contributed by atoms with Crippen LogP contribution in [-0.4, -0.2) is 27.5 Å². The second-order valence-electron chi connectivity index (χ2n) is 8.89. The minimum Gasteiger partial charge on any atom is -0.381 e. The number of aromatic nitrogens is 2. The molecular formula is C23H24F2N4O2. The molecule has 2 aliphatic carbocycles. The zero-order chi connectivity index (χ0) is 22.3. The second kappa shape index (κ2) is 7.80. The summed E-state index contributed by atoms with van der Waals surface area (Å²) in [6, 6.07) is 4.90. The molecule has 3 N–H and O–H groups in total. The summed E-state index contributed by atoms with van der Waals surface area (Å²) in [4.78, 5) is 24.6. The van der Waals surface area contributed by atoms with Gasteiger partial charge in [-0.3, -0.25) is 9.59 Å². The van der Waals surface area contributed by atoms with Gasteiger partial charge in [0.05, 0.1) is 22.5 Å². The highest BCUT2D eigenvalue weighted by molar-refractivity contribution is 6.00. The molecule has 1 atom stereocenters. The van der Waals surface area contributed by atoms with Gasteiger partial charge in [-0.05, 0) is 36.5 Å². The van der Waals surface area contributed by atoms with E-state index in [0.29, 0.717) is 35.5 Å². The summed E-state index contributed by atoms with van der Waals surface area (Å²) >= 11 is 0. The lowest BCUT2D eigenvalue weighted by Gasteiger charge is -2.29. The van der Waals surface area contributed by atoms with E-state index in [0.717, 1.165) is 12.8 Å². The van der Waals surface area contributed by atoms with E-state index < -0.39 is 18.0 Å². The van der Waals surface area contributed by atoms with Gasteiger partial charge in [-0.1, -0.05) is 13.8 Å². The maximum absolute atomic E-state index is 13.7. The Kier molecular flexibility index (Phi) is 5.29. The number of carbonyl (C=O) groups is 2. The van der Waals surface area contributed by atoms with E-state index >= 15 is 0 Å². The Hall–Kier alpha value is -3.21. The maximum Gasteiger partial charge on any atom is 0.282 e. The second-order valence-corrected chi connectivity index (χ2v) is 8.89. The fraction of sp³-hybridized carbons (Fsp3) is 0.435. The minimum absolute atomic E-state index is 0.0189. The third-order valence-corrected chi connectivity index (χ3v) is 5.74. The molecule has 1 aromatic carbocycles. The average molecular weight is 426 g/mol. The smallest absolute Gasteiger partial charge is 0.282 e. The summed E-state index contributed by atoms with van der Waals surface area (Å²) in [7, 11) is 0. The summed E-state index contributed by atoms with van der Waals surface area (Å²) in [5.41, 5.74) is 6.47. The number of nitrogens with zero attached hydrogens (tertiary/aromatic N) is 2. The van der Waals surface area contributed by atoms with E-state index in [4.69, 9.17) is 5.73 Å². The predicted molar refractivity (Wildman–Crippen MR) is 113 cm³/mol. The number of nitrogens with two attached hydrogens (primary N) is 1. The van der Waals surface area contributed by atoms with Gasteiger partial charge >= 0.3 is 0 Å². The van der Waals surface area contributed by atoms with E-state index in [1.807, 2.05) is 13.8 Å². The van der Waals surface area contributed by atoms with Crippen molar-refractivity contribution in [3.05, 3.63) is 40.7 Å². The molecule has 0 saturated carbocycles. The lowest BCUT2D eigenvalue weighted by molar-refractivity contribution is 0.0896. The van der Waals surface area contributed by atoms with Crippen LogP contribution in [0.4, 0.5) is 14.5 Å². The SMILES string of the molecule is CC1(C)CC(=O)c2c(C(F)F)nn(-c3ccc(C(N)=O)c(NC4CC#CCC4)c3)c2C1. The fourth-order valence-electron chi connectivity index (χ4n) is 4.32. The number of Topliss-reactive ketones (excluding diaryl/α,β-unsaturated/α-hetero) is 1. The van der Waals surface area contributed by atoms with Gasteiger partial charge in [0.15, 0.2) is 5.78 Å². The summed E-state index contributed by atoms with van der Waals surface area (Å²) in [6.45, 7) is 3.86. The van der Waals surface area contributed by atoms with Crippen LogP contribution in [0.5, 0.6) is 0 Å². The van der Waals surface area contributed by atoms with Crippen LogP contribution in [0, 0.1) is 17.3 Å². The molecule has 31 heavy (non-hydrogen) atoms. The molecule has 162 valence electrons. The summed E-state index contributed by atoms with van der Waals surface area (Å²) in [5, 5.41) is 7.44. The Morgan fingerprint density at radius 3 is 2.74 bits per heavy atom. The summed E-state index contributed by atoms with van der Waals surface area (Å²) in [5.74, 6) is 5.18. The molecule has 0 bridgehead atoms. The summed E-state index contributed by atoms with van der Waals surface area (Å²) in [6.07, 6.45) is -0.00930. The lowest BCUT2D eigenvalue weighted by Crippen LogP contribution is -2.28. The van der Waals surface area contributed by atoms with Gasteiger partial charge in [0.25, 0.3) is 12.3 Å². The van der Waals surface area contributed by atoms with Crippen molar-refractivity contribution in [1.29, 1.82) is 0 Å². The standard InChI is InChI=1S/C23H24F2N4O2/c1-23(2)11-17-19(18(30)12-23)20(21(24)25)28-29(17)14-8-9-15(22(26)31)16(10-14)27-13-6-4-3-5-7-13/h8-10,13,21,27H,4,6-7,11-12H2,1-2H3,(H2,26,31). The van der Waals surface area contributed by atoms with Crippen LogP contribution in [0.25, 0.3) is 5.69 Å². The molecular weight excluding hydrogens is 402 g/mol. The van der Waals surface area contributed by atoms with Crippen molar-refractivity contribution in [3.8, 4) is 17.5 Å². The Bertz CT molecular complexity index is 1120. The first-order chi connectivity index (χ1) is 14.7. The molecule has 8 heteroatoms. The molecule has 2 aliphatic rings. The number of ketones is 1. The topological polar surface area (TPSA) is 90.0 Å². The van der Waals surface area contributed by atoms with Crippen molar-refractivity contribution in [1.82, 2.24) is 9.78 Å². The van der Waals surface area contributed by atoms with Crippen LogP contribution < -0.4 is 11.1 Å². The molecule has 4 rings (SSSR count). The number of hydrogen-bond acceptors (Lipinski definition) is 4. The van der Waals surface area contributed by atoms with E-state index in [1.165, 1.54) is 4.68 Å². The number of halogens is 2. The third kappa shape index (κ3) is 4.05. The Morgan fingerprint density at radius 1 is 1.32 bits per heavy atom. The van der Waals surface area contributed by atoms with Crippen molar-refractivity contribution in [2.75, 3.05) is 5.32 Å². The van der Waals surface area contributed by atoms with Crippen LogP contribution >= 0.6 is 0 Å². The average Bonchev–Trinajstić information content (AvgIpc) is 3.07. The number of alkyl halides is 2. The van der Waals surface area contributed by atoms with Gasteiger partial charge in [0.1, 0.15) is 5.69 Å². The Balaban J connectivity index is 1.82. The molecule has 0 spiro atoms. The van der Waals surface area contributed by atoms with Crippen molar-refractivity contribution >= 4 is 17.4 Å². The number of hydrogen-bond donors (Lipinski definition) is 2. The third-order valence-electron chi connectivity index (χ3n) is 5.74. The number of rotatable bonds is 5. The zero-order valence-corrected chi connectivity index (χ0v) is 17.5. The quantitative estimate of drug-likeness (QED) is 0.707.